The van der Waals surface area contributed by atoms with Gasteiger partial charge in [-0.05, 0) is 62.4 Å². The van der Waals surface area contributed by atoms with Gasteiger partial charge in [-0.3, -0.25) is 0 Å². The lowest BCUT2D eigenvalue weighted by Gasteiger charge is -2.29. The third-order valence-corrected chi connectivity index (χ3v) is 5.26. The van der Waals surface area contributed by atoms with Crippen molar-refractivity contribution in [3.63, 3.8) is 0 Å². The minimum Gasteiger partial charge on any atom is -0.444 e. The number of hydrogen-bond donors (Lipinski definition) is 0. The van der Waals surface area contributed by atoms with Crippen LogP contribution in [0.4, 0.5) is 4.39 Å². The van der Waals surface area contributed by atoms with Crippen LogP contribution in [0, 0.1) is 12.7 Å². The fraction of sp³-hybridized carbons (Fsp3) is 0.375. The van der Waals surface area contributed by atoms with Crippen molar-refractivity contribution < 1.29 is 18.3 Å². The van der Waals surface area contributed by atoms with Crippen molar-refractivity contribution in [1.82, 2.24) is 4.98 Å². The van der Waals surface area contributed by atoms with Gasteiger partial charge in [0.25, 0.3) is 0 Å². The Hall–Kier alpha value is -2.50. The Morgan fingerprint density at radius 3 is 2.55 bits per heavy atom. The van der Waals surface area contributed by atoms with E-state index in [1.54, 1.807) is 18.4 Å². The van der Waals surface area contributed by atoms with Crippen molar-refractivity contribution in [2.75, 3.05) is 0 Å². The molecule has 1 heterocycles. The first-order valence-corrected chi connectivity index (χ1v) is 10.1. The summed E-state index contributed by atoms with van der Waals surface area (Å²) in [5, 5.41) is 0. The molecule has 2 aromatic carbocycles. The smallest absolute Gasteiger partial charge is 0.226 e. The molecule has 1 saturated carbocycles. The average Bonchev–Trinajstić information content (AvgIpc) is 3.21. The summed E-state index contributed by atoms with van der Waals surface area (Å²) < 4.78 is 30.8. The molecule has 1 fully saturated rings. The molecule has 0 saturated heterocycles. The number of aromatic nitrogens is 1. The minimum absolute atomic E-state index is 0.164. The number of nitrogens with zero attached hydrogens (tertiary/aromatic N) is 1. The van der Waals surface area contributed by atoms with Crippen LogP contribution >= 0.6 is 0 Å². The molecule has 1 aliphatic carbocycles. The quantitative estimate of drug-likeness (QED) is 0.505. The standard InChI is InChI=1S/C24H26FNO3/c1-17-4-2-5-18(12-17)14-27-22-6-3-7-23(13-22)28-15-21-16-29-24(26-21)19-8-10-20(25)11-9-19/h2,4-5,8-12,16,22-23H,3,6-7,13-15H2,1H3/t22-,23+/m0/s1. The maximum absolute atomic E-state index is 13.1. The van der Waals surface area contributed by atoms with Gasteiger partial charge in [0.1, 0.15) is 17.8 Å². The van der Waals surface area contributed by atoms with Crippen LogP contribution in [0.5, 0.6) is 0 Å². The molecule has 1 aliphatic rings. The van der Waals surface area contributed by atoms with Crippen LogP contribution in [0.3, 0.4) is 0 Å². The van der Waals surface area contributed by atoms with E-state index >= 15 is 0 Å². The lowest BCUT2D eigenvalue weighted by molar-refractivity contribution is -0.0561. The van der Waals surface area contributed by atoms with Crippen LogP contribution < -0.4 is 0 Å². The second kappa shape index (κ2) is 9.33. The lowest BCUT2D eigenvalue weighted by atomic mass is 9.95. The van der Waals surface area contributed by atoms with Gasteiger partial charge in [0.15, 0.2) is 0 Å². The molecule has 29 heavy (non-hydrogen) atoms. The fourth-order valence-corrected chi connectivity index (χ4v) is 3.72. The molecular weight excluding hydrogens is 369 g/mol. The highest BCUT2D eigenvalue weighted by Gasteiger charge is 2.23. The van der Waals surface area contributed by atoms with Crippen LogP contribution in [0.2, 0.25) is 0 Å². The molecule has 0 N–H and O–H groups in total. The van der Waals surface area contributed by atoms with Crippen molar-refractivity contribution in [1.29, 1.82) is 0 Å². The summed E-state index contributed by atoms with van der Waals surface area (Å²) in [5.41, 5.74) is 3.96. The van der Waals surface area contributed by atoms with Crippen LogP contribution in [-0.2, 0) is 22.7 Å². The molecule has 152 valence electrons. The molecule has 0 radical (unpaired) electrons. The van der Waals surface area contributed by atoms with Crippen LogP contribution in [0.1, 0.15) is 42.5 Å². The Balaban J connectivity index is 1.26. The van der Waals surface area contributed by atoms with Crippen molar-refractivity contribution in [3.8, 4) is 11.5 Å². The molecule has 2 atom stereocenters. The first-order chi connectivity index (χ1) is 14.2. The maximum Gasteiger partial charge on any atom is 0.226 e. The number of rotatable bonds is 7. The van der Waals surface area contributed by atoms with Crippen molar-refractivity contribution in [3.05, 3.63) is 77.4 Å². The van der Waals surface area contributed by atoms with E-state index in [0.717, 1.165) is 36.9 Å². The first-order valence-electron chi connectivity index (χ1n) is 10.1. The highest BCUT2D eigenvalue weighted by molar-refractivity contribution is 5.52. The summed E-state index contributed by atoms with van der Waals surface area (Å²) in [6.07, 6.45) is 6.10. The zero-order valence-electron chi connectivity index (χ0n) is 16.6. The van der Waals surface area contributed by atoms with Crippen LogP contribution in [0.25, 0.3) is 11.5 Å². The Bertz CT molecular complexity index is 922. The summed E-state index contributed by atoms with van der Waals surface area (Å²) in [6.45, 7) is 3.14. The molecule has 0 amide bonds. The van der Waals surface area contributed by atoms with Gasteiger partial charge < -0.3 is 13.9 Å². The van der Waals surface area contributed by atoms with E-state index in [2.05, 4.69) is 36.2 Å². The normalized spacial score (nSPS) is 19.4. The van der Waals surface area contributed by atoms with E-state index in [-0.39, 0.29) is 18.0 Å². The second-order valence-electron chi connectivity index (χ2n) is 7.67. The Morgan fingerprint density at radius 2 is 1.79 bits per heavy atom. The maximum atomic E-state index is 13.1. The van der Waals surface area contributed by atoms with Crippen molar-refractivity contribution in [2.45, 2.75) is 58.0 Å². The van der Waals surface area contributed by atoms with Gasteiger partial charge in [0.05, 0.1) is 25.4 Å². The molecule has 0 spiro atoms. The van der Waals surface area contributed by atoms with E-state index in [9.17, 15) is 4.39 Å². The minimum atomic E-state index is -0.277. The zero-order valence-corrected chi connectivity index (χ0v) is 16.6. The highest BCUT2D eigenvalue weighted by atomic mass is 19.1. The molecule has 0 unspecified atom stereocenters. The largest absolute Gasteiger partial charge is 0.444 e. The molecular formula is C24H26FNO3. The number of oxazole rings is 1. The molecule has 0 aliphatic heterocycles. The average molecular weight is 395 g/mol. The molecule has 1 aromatic heterocycles. The molecule has 4 nitrogen and oxygen atoms in total. The third kappa shape index (κ3) is 5.52. The predicted molar refractivity (Wildman–Crippen MR) is 109 cm³/mol. The number of benzene rings is 2. The topological polar surface area (TPSA) is 44.5 Å². The van der Waals surface area contributed by atoms with Gasteiger partial charge in [0.2, 0.25) is 5.89 Å². The molecule has 0 bridgehead atoms. The van der Waals surface area contributed by atoms with Gasteiger partial charge in [-0.15, -0.1) is 0 Å². The predicted octanol–water partition coefficient (Wildman–Crippen LogP) is 5.83. The van der Waals surface area contributed by atoms with Gasteiger partial charge in [0, 0.05) is 5.56 Å². The molecule has 5 heteroatoms. The summed E-state index contributed by atoms with van der Waals surface area (Å²) in [5.74, 6) is 0.201. The van der Waals surface area contributed by atoms with Gasteiger partial charge in [-0.25, -0.2) is 9.37 Å². The summed E-state index contributed by atoms with van der Waals surface area (Å²) in [7, 11) is 0. The monoisotopic (exact) mass is 395 g/mol. The number of halogens is 1. The van der Waals surface area contributed by atoms with E-state index < -0.39 is 0 Å². The fourth-order valence-electron chi connectivity index (χ4n) is 3.72. The van der Waals surface area contributed by atoms with Gasteiger partial charge in [-0.2, -0.15) is 0 Å². The Kier molecular flexibility index (Phi) is 6.37. The Labute approximate surface area is 170 Å². The SMILES string of the molecule is Cc1cccc(CO[C@H]2CCC[C@@H](OCc3coc(-c4ccc(F)cc4)n3)C2)c1. The van der Waals surface area contributed by atoms with Gasteiger partial charge >= 0.3 is 0 Å². The van der Waals surface area contributed by atoms with Gasteiger partial charge in [-0.1, -0.05) is 29.8 Å². The third-order valence-electron chi connectivity index (χ3n) is 5.26. The van der Waals surface area contributed by atoms with E-state index in [1.165, 1.54) is 23.3 Å². The van der Waals surface area contributed by atoms with Crippen molar-refractivity contribution >= 4 is 0 Å². The first kappa shape index (κ1) is 19.8. The lowest BCUT2D eigenvalue weighted by Crippen LogP contribution is -2.28. The Morgan fingerprint density at radius 1 is 1.03 bits per heavy atom. The van der Waals surface area contributed by atoms with E-state index in [1.807, 2.05) is 0 Å². The molecule has 3 aromatic rings. The number of hydrogen-bond acceptors (Lipinski definition) is 4. The second-order valence-corrected chi connectivity index (χ2v) is 7.67. The van der Waals surface area contributed by atoms with Crippen molar-refractivity contribution in [2.24, 2.45) is 0 Å². The van der Waals surface area contributed by atoms with Crippen LogP contribution in [0.15, 0.2) is 59.2 Å². The summed E-state index contributed by atoms with van der Waals surface area (Å²) >= 11 is 0. The summed E-state index contributed by atoms with van der Waals surface area (Å²) in [6, 6.07) is 14.5. The summed E-state index contributed by atoms with van der Waals surface area (Å²) in [4.78, 5) is 4.45. The molecule has 4 rings (SSSR count). The van der Waals surface area contributed by atoms with E-state index in [0.29, 0.717) is 19.1 Å². The van der Waals surface area contributed by atoms with E-state index in [4.69, 9.17) is 13.9 Å². The number of ether oxygens (including phenoxy) is 2. The number of aryl methyl sites for hydroxylation is 1. The highest BCUT2D eigenvalue weighted by Crippen LogP contribution is 2.26. The zero-order chi connectivity index (χ0) is 20.1. The van der Waals surface area contributed by atoms with Crippen LogP contribution in [-0.4, -0.2) is 17.2 Å².